The number of nitrogens with one attached hydrogen (secondary N) is 1. The third-order valence-corrected chi connectivity index (χ3v) is 6.99. The molecule has 0 atom stereocenters. The number of thiazole rings is 1. The minimum Gasteiger partial charge on any atom is -0.505 e. The fourth-order valence-corrected chi connectivity index (χ4v) is 4.98. The van der Waals surface area contributed by atoms with Crippen molar-refractivity contribution in [2.24, 2.45) is 5.10 Å². The number of aliphatic hydroxyl groups is 1. The molecule has 32 heavy (non-hydrogen) atoms. The molecule has 0 aliphatic carbocycles. The van der Waals surface area contributed by atoms with Crippen molar-refractivity contribution in [1.82, 2.24) is 15.4 Å². The maximum absolute atomic E-state index is 12.4. The van der Waals surface area contributed by atoms with Crippen LogP contribution in [-0.2, 0) is 12.4 Å². The summed E-state index contributed by atoms with van der Waals surface area (Å²) < 4.78 is 2.18. The second-order valence-electron chi connectivity index (χ2n) is 6.92. The first kappa shape index (κ1) is 21.9. The van der Waals surface area contributed by atoms with Gasteiger partial charge in [-0.3, -0.25) is 9.78 Å². The Labute approximate surface area is 192 Å². The summed E-state index contributed by atoms with van der Waals surface area (Å²) in [4.78, 5) is 21.0. The lowest BCUT2D eigenvalue weighted by Crippen LogP contribution is -2.17. The van der Waals surface area contributed by atoms with Crippen LogP contribution in [0.4, 0.5) is 0 Å². The fourth-order valence-electron chi connectivity index (χ4n) is 2.95. The van der Waals surface area contributed by atoms with Gasteiger partial charge >= 0.3 is 0 Å². The number of hydrazone groups is 1. The molecule has 0 fully saturated rings. The molecular formula is C23H20N4O3S2. The average molecular weight is 465 g/mol. The van der Waals surface area contributed by atoms with E-state index in [0.29, 0.717) is 22.4 Å². The van der Waals surface area contributed by atoms with Gasteiger partial charge in [0.05, 0.1) is 28.7 Å². The number of aromatic nitrogens is 2. The number of para-hydroxylation sites is 1. The van der Waals surface area contributed by atoms with Crippen LogP contribution in [0.3, 0.4) is 0 Å². The summed E-state index contributed by atoms with van der Waals surface area (Å²) >= 11 is 3.34. The highest BCUT2D eigenvalue weighted by Gasteiger charge is 2.10. The topological polar surface area (TPSA) is 108 Å². The molecular weight excluding hydrogens is 444 g/mol. The summed E-state index contributed by atoms with van der Waals surface area (Å²) in [5, 5.41) is 23.4. The Hall–Kier alpha value is -3.27. The first-order valence-electron chi connectivity index (χ1n) is 9.74. The number of hydrogen-bond acceptors (Lipinski definition) is 8. The van der Waals surface area contributed by atoms with E-state index in [1.54, 1.807) is 42.2 Å². The van der Waals surface area contributed by atoms with Crippen LogP contribution >= 0.6 is 23.1 Å². The molecule has 2 aromatic carbocycles. The molecule has 2 heterocycles. The molecule has 1 amide bonds. The van der Waals surface area contributed by atoms with Gasteiger partial charge in [-0.2, -0.15) is 5.10 Å². The Kier molecular flexibility index (Phi) is 6.79. The minimum absolute atomic E-state index is 0.0791. The highest BCUT2D eigenvalue weighted by molar-refractivity contribution is 8.00. The Morgan fingerprint density at radius 3 is 2.75 bits per heavy atom. The van der Waals surface area contributed by atoms with E-state index < -0.39 is 0 Å². The van der Waals surface area contributed by atoms with Crippen LogP contribution in [0.2, 0.25) is 0 Å². The summed E-state index contributed by atoms with van der Waals surface area (Å²) in [6.45, 7) is 1.34. The zero-order chi connectivity index (χ0) is 22.5. The van der Waals surface area contributed by atoms with Gasteiger partial charge in [-0.05, 0) is 36.8 Å². The summed E-state index contributed by atoms with van der Waals surface area (Å²) in [5.41, 5.74) is 6.15. The number of hydrogen-bond donors (Lipinski definition) is 3. The van der Waals surface area contributed by atoms with Crippen LogP contribution in [0.1, 0.15) is 32.7 Å². The Bertz CT molecular complexity index is 1250. The first-order valence-corrected chi connectivity index (χ1v) is 11.5. The summed E-state index contributed by atoms with van der Waals surface area (Å²) in [7, 11) is 0. The van der Waals surface area contributed by atoms with Crippen molar-refractivity contribution < 1.29 is 15.0 Å². The van der Waals surface area contributed by atoms with Gasteiger partial charge in [-0.1, -0.05) is 36.0 Å². The number of carbonyl (C=O) groups is 1. The molecule has 162 valence electrons. The number of thioether (sulfide) groups is 1. The Morgan fingerprint density at radius 1 is 1.22 bits per heavy atom. The maximum atomic E-state index is 12.4. The molecule has 4 aromatic rings. The van der Waals surface area contributed by atoms with E-state index in [1.807, 2.05) is 30.3 Å². The van der Waals surface area contributed by atoms with Crippen LogP contribution in [0, 0.1) is 6.92 Å². The SMILES string of the molecule is Cc1ncc(CO)c(C=NNC(=O)c2ccc(CSc3nc4ccccc4s3)cc2)c1O. The number of amides is 1. The molecule has 0 unspecified atom stereocenters. The molecule has 0 saturated carbocycles. The highest BCUT2D eigenvalue weighted by atomic mass is 32.2. The molecule has 4 rings (SSSR count). The van der Waals surface area contributed by atoms with E-state index in [9.17, 15) is 15.0 Å². The molecule has 0 aliphatic heterocycles. The van der Waals surface area contributed by atoms with E-state index in [0.717, 1.165) is 21.2 Å². The molecule has 7 nitrogen and oxygen atoms in total. The third kappa shape index (κ3) is 4.96. The van der Waals surface area contributed by atoms with Crippen molar-refractivity contribution in [2.75, 3.05) is 0 Å². The number of aryl methyl sites for hydroxylation is 1. The van der Waals surface area contributed by atoms with Gasteiger partial charge in [0.2, 0.25) is 0 Å². The maximum Gasteiger partial charge on any atom is 0.271 e. The normalized spacial score (nSPS) is 11.3. The van der Waals surface area contributed by atoms with E-state index in [2.05, 4.69) is 26.6 Å². The quantitative estimate of drug-likeness (QED) is 0.214. The smallest absolute Gasteiger partial charge is 0.271 e. The molecule has 0 radical (unpaired) electrons. The predicted molar refractivity (Wildman–Crippen MR) is 127 cm³/mol. The van der Waals surface area contributed by atoms with Gasteiger partial charge in [-0.25, -0.2) is 10.4 Å². The fraction of sp³-hybridized carbons (Fsp3) is 0.130. The monoisotopic (exact) mass is 464 g/mol. The molecule has 0 bridgehead atoms. The van der Waals surface area contributed by atoms with Crippen molar-refractivity contribution in [1.29, 1.82) is 0 Å². The van der Waals surface area contributed by atoms with Crippen molar-refractivity contribution in [2.45, 2.75) is 23.6 Å². The van der Waals surface area contributed by atoms with Crippen LogP contribution in [0.5, 0.6) is 5.75 Å². The van der Waals surface area contributed by atoms with Gasteiger partial charge in [-0.15, -0.1) is 11.3 Å². The van der Waals surface area contributed by atoms with Crippen molar-refractivity contribution in [3.63, 3.8) is 0 Å². The standard InChI is InChI=1S/C23H20N4O3S2/c1-14-21(29)18(17(12-28)10-24-14)11-25-27-22(30)16-8-6-15(7-9-16)13-31-23-26-19-4-2-3-5-20(19)32-23/h2-11,28-29H,12-13H2,1H3,(H,27,30). The zero-order valence-corrected chi connectivity index (χ0v) is 18.8. The van der Waals surface area contributed by atoms with Crippen LogP contribution in [0.15, 0.2) is 64.2 Å². The highest BCUT2D eigenvalue weighted by Crippen LogP contribution is 2.31. The third-order valence-electron chi connectivity index (χ3n) is 4.74. The van der Waals surface area contributed by atoms with Gasteiger partial charge in [0.25, 0.3) is 5.91 Å². The van der Waals surface area contributed by atoms with E-state index in [-0.39, 0.29) is 18.3 Å². The number of aromatic hydroxyl groups is 1. The van der Waals surface area contributed by atoms with Gasteiger partial charge < -0.3 is 10.2 Å². The van der Waals surface area contributed by atoms with Crippen LogP contribution in [-0.4, -0.2) is 32.3 Å². The van der Waals surface area contributed by atoms with E-state index in [4.69, 9.17) is 0 Å². The Morgan fingerprint density at radius 2 is 2.00 bits per heavy atom. The summed E-state index contributed by atoms with van der Waals surface area (Å²) in [6, 6.07) is 15.4. The number of carbonyl (C=O) groups excluding carboxylic acids is 1. The van der Waals surface area contributed by atoms with Gasteiger partial charge in [0, 0.05) is 28.6 Å². The largest absolute Gasteiger partial charge is 0.505 e. The lowest BCUT2D eigenvalue weighted by atomic mass is 10.1. The van der Waals surface area contributed by atoms with Crippen molar-refractivity contribution in [3.05, 3.63) is 82.7 Å². The number of nitrogens with zero attached hydrogens (tertiary/aromatic N) is 3. The average Bonchev–Trinajstić information content (AvgIpc) is 3.24. The first-order chi connectivity index (χ1) is 15.5. The second-order valence-corrected chi connectivity index (χ2v) is 9.17. The number of aliphatic hydroxyl groups excluding tert-OH is 1. The minimum atomic E-state index is -0.373. The lowest BCUT2D eigenvalue weighted by Gasteiger charge is -2.07. The number of pyridine rings is 1. The van der Waals surface area contributed by atoms with Crippen LogP contribution in [0.25, 0.3) is 10.2 Å². The molecule has 3 N–H and O–H groups in total. The van der Waals surface area contributed by atoms with Gasteiger partial charge in [0.15, 0.2) is 4.34 Å². The molecule has 0 aliphatic rings. The zero-order valence-electron chi connectivity index (χ0n) is 17.1. The summed E-state index contributed by atoms with van der Waals surface area (Å²) in [5.74, 6) is 0.303. The lowest BCUT2D eigenvalue weighted by molar-refractivity contribution is 0.0955. The van der Waals surface area contributed by atoms with Crippen molar-refractivity contribution in [3.8, 4) is 5.75 Å². The van der Waals surface area contributed by atoms with E-state index >= 15 is 0 Å². The molecule has 9 heteroatoms. The van der Waals surface area contributed by atoms with Crippen molar-refractivity contribution >= 4 is 45.4 Å². The predicted octanol–water partition coefficient (Wildman–Crippen LogP) is 4.25. The number of benzene rings is 2. The number of rotatable bonds is 7. The number of fused-ring (bicyclic) bond motifs is 1. The van der Waals surface area contributed by atoms with E-state index in [1.165, 1.54) is 17.1 Å². The summed E-state index contributed by atoms with van der Waals surface area (Å²) in [6.07, 6.45) is 2.76. The molecule has 0 spiro atoms. The van der Waals surface area contributed by atoms with Crippen LogP contribution < -0.4 is 5.43 Å². The Balaban J connectivity index is 1.36. The second kappa shape index (κ2) is 9.90. The molecule has 0 saturated heterocycles. The van der Waals surface area contributed by atoms with Gasteiger partial charge in [0.1, 0.15) is 5.75 Å². The molecule has 2 aromatic heterocycles.